The summed E-state index contributed by atoms with van der Waals surface area (Å²) in [5.41, 5.74) is 5.17. The van der Waals surface area contributed by atoms with Crippen LogP contribution in [-0.2, 0) is 34.3 Å². The summed E-state index contributed by atoms with van der Waals surface area (Å²) in [6.07, 6.45) is 1.36. The zero-order valence-electron chi connectivity index (χ0n) is 16.3. The molecule has 154 valence electrons. The Bertz CT molecular complexity index is 953. The van der Waals surface area contributed by atoms with E-state index >= 15 is 0 Å². The van der Waals surface area contributed by atoms with E-state index in [2.05, 4.69) is 26.8 Å². The van der Waals surface area contributed by atoms with E-state index < -0.39 is 40.2 Å². The number of amides is 2. The van der Waals surface area contributed by atoms with Crippen LogP contribution in [0.5, 0.6) is 0 Å². The summed E-state index contributed by atoms with van der Waals surface area (Å²) in [5, 5.41) is 7.28. The van der Waals surface area contributed by atoms with Crippen molar-refractivity contribution in [2.24, 2.45) is 5.16 Å². The number of carbonyl (C=O) groups is 3. The fourth-order valence-electron chi connectivity index (χ4n) is 2.18. The minimum atomic E-state index is -5.04. The first-order valence-electron chi connectivity index (χ1n) is 7.33. The first kappa shape index (κ1) is 25.0. The van der Waals surface area contributed by atoms with Crippen LogP contribution in [0, 0.1) is 0 Å². The van der Waals surface area contributed by atoms with Gasteiger partial charge in [-0.3, -0.25) is 14.1 Å². The molecule has 0 aliphatic carbocycles. The second-order valence-corrected chi connectivity index (χ2v) is 7.31. The molecule has 2 unspecified atom stereocenters. The van der Waals surface area contributed by atoms with Gasteiger partial charge in [-0.05, 0) is 0 Å². The number of ether oxygens (including phenoxy) is 1. The van der Waals surface area contributed by atoms with Crippen molar-refractivity contribution in [1.82, 2.24) is 14.6 Å². The van der Waals surface area contributed by atoms with Gasteiger partial charge in [0.25, 0.3) is 11.8 Å². The summed E-state index contributed by atoms with van der Waals surface area (Å²) < 4.78 is 36.0. The number of rotatable bonds is 8. The number of thiazole rings is 1. The van der Waals surface area contributed by atoms with Gasteiger partial charge in [-0.15, -0.1) is 11.3 Å². The molecule has 2 rings (SSSR count). The molecule has 29 heavy (non-hydrogen) atoms. The largest absolute Gasteiger partial charge is 1.00 e. The van der Waals surface area contributed by atoms with Crippen molar-refractivity contribution in [2.45, 2.75) is 12.1 Å². The predicted octanol–water partition coefficient (Wildman–Crippen LogP) is -4.58. The van der Waals surface area contributed by atoms with Gasteiger partial charge in [0.1, 0.15) is 18.3 Å². The second-order valence-electron chi connectivity index (χ2n) is 5.13. The number of carbonyl (C=O) groups excluding carboxylic acids is 3. The van der Waals surface area contributed by atoms with E-state index in [9.17, 15) is 22.8 Å². The van der Waals surface area contributed by atoms with E-state index in [1.54, 1.807) is 0 Å². The molecule has 0 aromatic carbocycles. The summed E-state index contributed by atoms with van der Waals surface area (Å²) in [7, 11) is -4.09. The van der Waals surface area contributed by atoms with Crippen LogP contribution >= 0.6 is 11.3 Å². The molecule has 0 bridgehead atoms. The van der Waals surface area contributed by atoms with Crippen LogP contribution in [0.3, 0.4) is 0 Å². The number of anilines is 1. The van der Waals surface area contributed by atoms with Crippen molar-refractivity contribution in [2.75, 3.05) is 19.5 Å². The number of hydrogen-bond donors (Lipinski definition) is 3. The zero-order valence-corrected chi connectivity index (χ0v) is 18.9. The standard InChI is InChI=1S/C13H15N5O8S2.Na.H/c1-3-4-26-17-7(6-5-27-13(14)15-6)10(19)16-8-9(12(21)25-2)18(11(8)20)28(22,23)24;;/h3,5,8-9H,1,4H2,2H3,(H2,14,15)(H,16,19)(H,22,23,24);;/q;+1;-1/b17-7-;;. The molecule has 13 nitrogen and oxygen atoms in total. The molecule has 1 saturated heterocycles. The van der Waals surface area contributed by atoms with Gasteiger partial charge in [-0.2, -0.15) is 12.7 Å². The number of methoxy groups -OCH3 is 1. The third-order valence-electron chi connectivity index (χ3n) is 3.36. The molecular formula is C13H16N5NaO8S2. The maximum atomic E-state index is 12.6. The van der Waals surface area contributed by atoms with E-state index in [1.807, 2.05) is 0 Å². The first-order chi connectivity index (χ1) is 13.1. The van der Waals surface area contributed by atoms with Crippen LogP contribution in [0.15, 0.2) is 23.2 Å². The summed E-state index contributed by atoms with van der Waals surface area (Å²) in [6, 6.07) is -3.41. The molecule has 1 aliphatic rings. The van der Waals surface area contributed by atoms with Crippen LogP contribution in [0.1, 0.15) is 7.12 Å². The number of oxime groups is 1. The Morgan fingerprint density at radius 3 is 2.72 bits per heavy atom. The molecular weight excluding hydrogens is 441 g/mol. The van der Waals surface area contributed by atoms with Crippen molar-refractivity contribution in [3.05, 3.63) is 23.7 Å². The number of nitrogens with one attached hydrogen (secondary N) is 1. The van der Waals surface area contributed by atoms with E-state index in [4.69, 9.17) is 15.1 Å². The minimum absolute atomic E-state index is 0. The summed E-state index contributed by atoms with van der Waals surface area (Å²) in [4.78, 5) is 45.2. The molecule has 1 aromatic heterocycles. The van der Waals surface area contributed by atoms with Gasteiger partial charge < -0.3 is 22.1 Å². The number of nitrogen functional groups attached to an aromatic ring is 1. The number of nitrogens with two attached hydrogens (primary N) is 1. The molecule has 16 heteroatoms. The Labute approximate surface area is 192 Å². The summed E-state index contributed by atoms with van der Waals surface area (Å²) in [5.74, 6) is -3.41. The van der Waals surface area contributed by atoms with E-state index in [1.165, 1.54) is 11.5 Å². The average Bonchev–Trinajstić information content (AvgIpc) is 3.04. The predicted molar refractivity (Wildman–Crippen MR) is 96.5 cm³/mol. The van der Waals surface area contributed by atoms with E-state index in [0.29, 0.717) is 0 Å². The Morgan fingerprint density at radius 1 is 1.59 bits per heavy atom. The number of esters is 1. The maximum Gasteiger partial charge on any atom is 1.00 e. The molecule has 1 fully saturated rings. The topological polar surface area (TPSA) is 191 Å². The van der Waals surface area contributed by atoms with Gasteiger partial charge in [-0.1, -0.05) is 17.8 Å². The van der Waals surface area contributed by atoms with Crippen LogP contribution in [-0.4, -0.2) is 71.6 Å². The monoisotopic (exact) mass is 457 g/mol. The van der Waals surface area contributed by atoms with Crippen molar-refractivity contribution in [3.8, 4) is 0 Å². The normalized spacial score (nSPS) is 18.9. The first-order valence-corrected chi connectivity index (χ1v) is 9.61. The Kier molecular flexibility index (Phi) is 8.73. The molecule has 4 N–H and O–H groups in total. The molecule has 0 radical (unpaired) electrons. The fraction of sp³-hybridized carbons (Fsp3) is 0.308. The van der Waals surface area contributed by atoms with Crippen molar-refractivity contribution in [3.63, 3.8) is 0 Å². The van der Waals surface area contributed by atoms with Crippen LogP contribution in [0.25, 0.3) is 0 Å². The third kappa shape index (κ3) is 5.52. The SMILES string of the molecule is C=CCO/N=C(\C(=O)NC1C(=O)N(S(=O)(=O)O)C1C(=O)OC)c1csc(N)n1.[H-].[Na+]. The van der Waals surface area contributed by atoms with Crippen molar-refractivity contribution in [1.29, 1.82) is 0 Å². The number of β-lactam (4-membered cyclic amide) rings is 1. The molecule has 0 saturated carbocycles. The summed E-state index contributed by atoms with van der Waals surface area (Å²) >= 11 is 1.01. The van der Waals surface area contributed by atoms with Gasteiger partial charge >= 0.3 is 45.8 Å². The molecule has 1 aliphatic heterocycles. The summed E-state index contributed by atoms with van der Waals surface area (Å²) in [6.45, 7) is 3.38. The van der Waals surface area contributed by atoms with E-state index in [0.717, 1.165) is 18.4 Å². The fourth-order valence-corrected chi connectivity index (χ4v) is 3.56. The number of nitrogens with zero attached hydrogens (tertiary/aromatic N) is 3. The Morgan fingerprint density at radius 2 is 2.24 bits per heavy atom. The minimum Gasteiger partial charge on any atom is -1.00 e. The number of hydrogen-bond acceptors (Lipinski definition) is 11. The molecule has 0 spiro atoms. The smallest absolute Gasteiger partial charge is 1.00 e. The van der Waals surface area contributed by atoms with Crippen LogP contribution in [0.4, 0.5) is 5.13 Å². The van der Waals surface area contributed by atoms with Crippen molar-refractivity contribution >= 4 is 50.3 Å². The van der Waals surface area contributed by atoms with Gasteiger partial charge in [0.2, 0.25) is 0 Å². The molecule has 2 amide bonds. The van der Waals surface area contributed by atoms with Gasteiger partial charge in [0.15, 0.2) is 16.9 Å². The molecule has 1 aromatic rings. The van der Waals surface area contributed by atoms with Gasteiger partial charge in [0.05, 0.1) is 7.11 Å². The van der Waals surface area contributed by atoms with Crippen LogP contribution < -0.4 is 40.6 Å². The zero-order chi connectivity index (χ0) is 21.1. The molecule has 2 atom stereocenters. The van der Waals surface area contributed by atoms with Crippen molar-refractivity contribution < 1.29 is 67.9 Å². The third-order valence-corrected chi connectivity index (χ3v) is 4.94. The van der Waals surface area contributed by atoms with Gasteiger partial charge in [-0.25, -0.2) is 9.78 Å². The average molecular weight is 457 g/mol. The quantitative estimate of drug-likeness (QED) is 0.0500. The number of aromatic nitrogens is 1. The maximum absolute atomic E-state index is 12.6. The Hall–Kier alpha value is -2.04. The Balaban J connectivity index is 0.00000420. The van der Waals surface area contributed by atoms with E-state index in [-0.39, 0.29) is 58.4 Å². The van der Waals surface area contributed by atoms with Gasteiger partial charge in [0, 0.05) is 5.38 Å². The second kappa shape index (κ2) is 10.1. The molecule has 2 heterocycles. The van der Waals surface area contributed by atoms with Crippen LogP contribution in [0.2, 0.25) is 0 Å².